The molecular weight excluding hydrogens is 610 g/mol. The molecule has 0 radical (unpaired) electrons. The first kappa shape index (κ1) is 33.6. The van der Waals surface area contributed by atoms with Crippen molar-refractivity contribution in [3.05, 3.63) is 125 Å². The summed E-state index contributed by atoms with van der Waals surface area (Å²) in [4.78, 5) is 29.8. The van der Waals surface area contributed by atoms with Crippen molar-refractivity contribution in [3.63, 3.8) is 0 Å². The average Bonchev–Trinajstić information content (AvgIpc) is 3.06. The van der Waals surface area contributed by atoms with Crippen LogP contribution < -0.4 is 14.4 Å². The third-order valence-electron chi connectivity index (χ3n) is 7.33. The molecule has 0 unspecified atom stereocenters. The summed E-state index contributed by atoms with van der Waals surface area (Å²) in [6.07, 6.45) is 1.91. The summed E-state index contributed by atoms with van der Waals surface area (Å²) in [5.41, 5.74) is 1.80. The van der Waals surface area contributed by atoms with Crippen molar-refractivity contribution in [2.45, 2.75) is 43.7 Å². The molecule has 4 aromatic rings. The van der Waals surface area contributed by atoms with E-state index in [1.54, 1.807) is 66.7 Å². The number of benzene rings is 4. The second kappa shape index (κ2) is 16.1. The SMILES string of the molecule is CCCCNC(=O)[C@@H](Cc1ccccc1)N(Cc1ccc(Cl)cc1)C(=O)CN(c1ccccc1OC)S(=O)(=O)c1ccccc1. The summed E-state index contributed by atoms with van der Waals surface area (Å²) in [6.45, 7) is 1.97. The molecule has 8 nitrogen and oxygen atoms in total. The minimum atomic E-state index is -4.23. The molecule has 0 saturated carbocycles. The zero-order valence-electron chi connectivity index (χ0n) is 25.4. The van der Waals surface area contributed by atoms with Crippen molar-refractivity contribution in [1.82, 2.24) is 10.2 Å². The molecule has 0 fully saturated rings. The van der Waals surface area contributed by atoms with Gasteiger partial charge >= 0.3 is 0 Å². The molecule has 2 amide bonds. The fourth-order valence-corrected chi connectivity index (χ4v) is 6.49. The molecule has 4 aromatic carbocycles. The molecule has 4 rings (SSSR count). The summed E-state index contributed by atoms with van der Waals surface area (Å²) in [6, 6.07) is 30.1. The van der Waals surface area contributed by atoms with E-state index >= 15 is 0 Å². The van der Waals surface area contributed by atoms with Crippen LogP contribution in [0, 0.1) is 0 Å². The Hall–Kier alpha value is -4.34. The molecule has 0 spiro atoms. The molecule has 0 aliphatic carbocycles. The minimum absolute atomic E-state index is 0.0195. The van der Waals surface area contributed by atoms with Crippen LogP contribution in [0.5, 0.6) is 5.75 Å². The third-order valence-corrected chi connectivity index (χ3v) is 9.36. The predicted octanol–water partition coefficient (Wildman–Crippen LogP) is 6.10. The second-order valence-electron chi connectivity index (χ2n) is 10.5. The van der Waals surface area contributed by atoms with Crippen molar-refractivity contribution in [3.8, 4) is 5.75 Å². The molecule has 0 saturated heterocycles. The van der Waals surface area contributed by atoms with Crippen molar-refractivity contribution < 1.29 is 22.7 Å². The van der Waals surface area contributed by atoms with Crippen LogP contribution in [0.15, 0.2) is 114 Å². The van der Waals surface area contributed by atoms with Gasteiger partial charge in [-0.2, -0.15) is 0 Å². The Labute approximate surface area is 270 Å². The first-order valence-electron chi connectivity index (χ1n) is 14.8. The molecule has 0 bridgehead atoms. The second-order valence-corrected chi connectivity index (χ2v) is 12.8. The van der Waals surface area contributed by atoms with E-state index < -0.39 is 28.5 Å². The normalized spacial score (nSPS) is 11.8. The van der Waals surface area contributed by atoms with Gasteiger partial charge in [0.05, 0.1) is 17.7 Å². The minimum Gasteiger partial charge on any atom is -0.495 e. The summed E-state index contributed by atoms with van der Waals surface area (Å²) in [7, 11) is -2.79. The van der Waals surface area contributed by atoms with Gasteiger partial charge < -0.3 is 15.0 Å². The molecule has 45 heavy (non-hydrogen) atoms. The summed E-state index contributed by atoms with van der Waals surface area (Å²) >= 11 is 6.15. The average molecular weight is 648 g/mol. The molecule has 236 valence electrons. The monoisotopic (exact) mass is 647 g/mol. The number of carbonyl (C=O) groups is 2. The van der Waals surface area contributed by atoms with Gasteiger partial charge in [0.15, 0.2) is 0 Å². The number of sulfonamides is 1. The van der Waals surface area contributed by atoms with Gasteiger partial charge in [-0.1, -0.05) is 97.7 Å². The zero-order chi connectivity index (χ0) is 32.2. The van der Waals surface area contributed by atoms with Crippen LogP contribution in [-0.4, -0.2) is 51.4 Å². The Bertz CT molecular complexity index is 1650. The number of nitrogens with one attached hydrogen (secondary N) is 1. The van der Waals surface area contributed by atoms with Crippen molar-refractivity contribution in [2.24, 2.45) is 0 Å². The predicted molar refractivity (Wildman–Crippen MR) is 178 cm³/mol. The molecule has 0 aromatic heterocycles. The largest absolute Gasteiger partial charge is 0.495 e. The summed E-state index contributed by atoms with van der Waals surface area (Å²) < 4.78 is 34.8. The Morgan fingerprint density at radius 2 is 1.47 bits per heavy atom. The van der Waals surface area contributed by atoms with Crippen LogP contribution in [0.4, 0.5) is 5.69 Å². The molecular formula is C35H38ClN3O5S. The van der Waals surface area contributed by atoms with Crippen molar-refractivity contribution >= 4 is 39.1 Å². The number of hydrogen-bond donors (Lipinski definition) is 1. The molecule has 10 heteroatoms. The van der Waals surface area contributed by atoms with Gasteiger partial charge in [-0.15, -0.1) is 0 Å². The highest BCUT2D eigenvalue weighted by Crippen LogP contribution is 2.32. The number of carbonyl (C=O) groups excluding carboxylic acids is 2. The van der Waals surface area contributed by atoms with Crippen molar-refractivity contribution in [2.75, 3.05) is 24.5 Å². The standard InChI is InChI=1S/C35H38ClN3O5S/c1-3-4-23-37-35(41)32(24-27-13-7-5-8-14-27)38(25-28-19-21-29(36)22-20-28)34(40)26-39(31-17-11-12-18-33(31)44-2)45(42,43)30-15-9-6-10-16-30/h5-22,32H,3-4,23-26H2,1-2H3,(H,37,41)/t32-/m1/s1. The van der Waals surface area contributed by atoms with E-state index in [1.165, 1.54) is 24.1 Å². The van der Waals surface area contributed by atoms with Gasteiger partial charge in [-0.3, -0.25) is 13.9 Å². The summed E-state index contributed by atoms with van der Waals surface area (Å²) in [5.74, 6) is -0.585. The Morgan fingerprint density at radius 1 is 0.844 bits per heavy atom. The Kier molecular flexibility index (Phi) is 12.0. The first-order valence-corrected chi connectivity index (χ1v) is 16.6. The summed E-state index contributed by atoms with van der Waals surface area (Å²) in [5, 5.41) is 3.52. The van der Waals surface area contributed by atoms with Gasteiger partial charge in [0, 0.05) is 24.5 Å². The van der Waals surface area contributed by atoms with E-state index in [0.717, 1.165) is 28.3 Å². The number of halogens is 1. The number of rotatable bonds is 15. The molecule has 0 heterocycles. The lowest BCUT2D eigenvalue weighted by atomic mass is 10.0. The van der Waals surface area contributed by atoms with E-state index in [0.29, 0.717) is 11.6 Å². The number of methoxy groups -OCH3 is 1. The number of nitrogens with zero attached hydrogens (tertiary/aromatic N) is 2. The molecule has 1 N–H and O–H groups in total. The lowest BCUT2D eigenvalue weighted by Gasteiger charge is -2.34. The lowest BCUT2D eigenvalue weighted by Crippen LogP contribution is -2.53. The Morgan fingerprint density at radius 3 is 2.11 bits per heavy atom. The van der Waals surface area contributed by atoms with Crippen LogP contribution in [0.3, 0.4) is 0 Å². The number of amides is 2. The molecule has 1 atom stereocenters. The number of ether oxygens (including phenoxy) is 1. The van der Waals surface area contributed by atoms with E-state index in [4.69, 9.17) is 16.3 Å². The van der Waals surface area contributed by atoms with E-state index in [9.17, 15) is 18.0 Å². The highest BCUT2D eigenvalue weighted by molar-refractivity contribution is 7.92. The maximum atomic E-state index is 14.5. The van der Waals surface area contributed by atoms with Gasteiger partial charge in [0.25, 0.3) is 10.0 Å². The first-order chi connectivity index (χ1) is 21.7. The van der Waals surface area contributed by atoms with Crippen molar-refractivity contribution in [1.29, 1.82) is 0 Å². The molecule has 0 aliphatic rings. The van der Waals surface area contributed by atoms with E-state index in [2.05, 4.69) is 5.32 Å². The van der Waals surface area contributed by atoms with Crippen LogP contribution in [0.25, 0.3) is 0 Å². The topological polar surface area (TPSA) is 96.0 Å². The van der Waals surface area contributed by atoms with Crippen LogP contribution in [-0.2, 0) is 32.6 Å². The highest BCUT2D eigenvalue weighted by atomic mass is 35.5. The van der Waals surface area contributed by atoms with Crippen LogP contribution in [0.1, 0.15) is 30.9 Å². The lowest BCUT2D eigenvalue weighted by molar-refractivity contribution is -0.140. The number of anilines is 1. The maximum absolute atomic E-state index is 14.5. The fourth-order valence-electron chi connectivity index (χ4n) is 4.92. The van der Waals surface area contributed by atoms with E-state index in [-0.39, 0.29) is 35.2 Å². The number of para-hydroxylation sites is 2. The van der Waals surface area contributed by atoms with E-state index in [1.807, 2.05) is 37.3 Å². The zero-order valence-corrected chi connectivity index (χ0v) is 27.0. The Balaban J connectivity index is 1.80. The molecule has 0 aliphatic heterocycles. The number of hydrogen-bond acceptors (Lipinski definition) is 5. The van der Waals surface area contributed by atoms with Gasteiger partial charge in [-0.25, -0.2) is 8.42 Å². The quantitative estimate of drug-likeness (QED) is 0.157. The van der Waals surface area contributed by atoms with Crippen LogP contribution >= 0.6 is 11.6 Å². The van der Waals surface area contributed by atoms with Crippen LogP contribution in [0.2, 0.25) is 5.02 Å². The smallest absolute Gasteiger partial charge is 0.264 e. The van der Waals surface area contributed by atoms with Gasteiger partial charge in [0.1, 0.15) is 18.3 Å². The maximum Gasteiger partial charge on any atom is 0.264 e. The van der Waals surface area contributed by atoms with Gasteiger partial charge in [-0.05, 0) is 53.9 Å². The van der Waals surface area contributed by atoms with Gasteiger partial charge in [0.2, 0.25) is 11.8 Å². The third kappa shape index (κ3) is 8.86. The number of unbranched alkanes of at least 4 members (excludes halogenated alkanes) is 1. The highest BCUT2D eigenvalue weighted by Gasteiger charge is 2.35. The fraction of sp³-hybridized carbons (Fsp3) is 0.257.